The molecule has 0 saturated heterocycles. The molecule has 0 saturated carbocycles. The van der Waals surface area contributed by atoms with Crippen LogP contribution >= 0.6 is 0 Å². The number of rotatable bonds is 14. The van der Waals surface area contributed by atoms with Crippen LogP contribution in [0.1, 0.15) is 107 Å². The van der Waals surface area contributed by atoms with Crippen LogP contribution in [0.4, 0.5) is 11.4 Å². The Bertz CT molecular complexity index is 1010. The van der Waals surface area contributed by atoms with E-state index in [2.05, 4.69) is 124 Å². The van der Waals surface area contributed by atoms with Crippen molar-refractivity contribution in [3.05, 3.63) is 88.7 Å². The van der Waals surface area contributed by atoms with Crippen LogP contribution < -0.4 is 35.4 Å². The minimum atomic E-state index is 0. The van der Waals surface area contributed by atoms with Crippen LogP contribution in [0.25, 0.3) is 0 Å². The molecule has 0 aliphatic rings. The van der Waals surface area contributed by atoms with Crippen LogP contribution in [0.15, 0.2) is 60.8 Å². The van der Waals surface area contributed by atoms with Gasteiger partial charge in [-0.05, 0) is 58.1 Å². The van der Waals surface area contributed by atoms with Crippen molar-refractivity contribution in [3.63, 3.8) is 0 Å². The van der Waals surface area contributed by atoms with E-state index in [-0.39, 0.29) is 41.9 Å². The second-order valence-electron chi connectivity index (χ2n) is 11.7. The van der Waals surface area contributed by atoms with Crippen molar-refractivity contribution < 1.29 is 41.9 Å². The third kappa shape index (κ3) is 11.5. The largest absolute Gasteiger partial charge is 2.00 e. The maximum absolute atomic E-state index is 4.62. The Balaban J connectivity index is 0.00000533. The molecule has 0 aliphatic carbocycles. The number of halogens is 2. The first-order valence-electron chi connectivity index (χ1n) is 14.5. The number of benzene rings is 2. The second-order valence-corrected chi connectivity index (χ2v) is 11.7. The molecule has 7 heteroatoms. The Morgan fingerprint density at radius 1 is 0.585 bits per heavy atom. The predicted molar refractivity (Wildman–Crippen MR) is 166 cm³/mol. The molecule has 2 aromatic carbocycles. The molecule has 41 heavy (non-hydrogen) atoms. The van der Waals surface area contributed by atoms with Crippen molar-refractivity contribution in [2.75, 3.05) is 36.8 Å². The molecule has 0 amide bonds. The first-order valence-corrected chi connectivity index (χ1v) is 14.5. The van der Waals surface area contributed by atoms with E-state index in [1.807, 2.05) is 12.3 Å². The predicted octanol–water partition coefficient (Wildman–Crippen LogP) is 2.61. The molecule has 0 aliphatic heterocycles. The van der Waals surface area contributed by atoms with Gasteiger partial charge in [0.1, 0.15) is 0 Å². The van der Waals surface area contributed by atoms with Crippen LogP contribution in [0, 0.1) is 0 Å². The number of aromatic nitrogens is 1. The fourth-order valence-corrected chi connectivity index (χ4v) is 5.18. The summed E-state index contributed by atoms with van der Waals surface area (Å²) in [5.41, 5.74) is 9.37. The van der Waals surface area contributed by atoms with Gasteiger partial charge in [-0.1, -0.05) is 97.9 Å². The van der Waals surface area contributed by atoms with Crippen molar-refractivity contribution >= 4 is 11.4 Å². The van der Waals surface area contributed by atoms with Crippen molar-refractivity contribution in [2.45, 2.75) is 85.6 Å². The summed E-state index contributed by atoms with van der Waals surface area (Å²) < 4.78 is 0. The van der Waals surface area contributed by atoms with Gasteiger partial charge in [-0.15, -0.1) is 0 Å². The Morgan fingerprint density at radius 2 is 0.976 bits per heavy atom. The third-order valence-corrected chi connectivity index (χ3v) is 7.32. The van der Waals surface area contributed by atoms with Gasteiger partial charge in [0.2, 0.25) is 0 Å². The van der Waals surface area contributed by atoms with E-state index < -0.39 is 0 Å². The zero-order valence-corrected chi connectivity index (χ0v) is 28.7. The van der Waals surface area contributed by atoms with E-state index in [1.165, 1.54) is 33.6 Å². The molecule has 4 nitrogen and oxygen atoms in total. The standard InChI is InChI=1S/C34H50N4.2ClH.Fe/c1-24(2)29-14-11-15-30(25(3)4)33(29)36-19-21-38(23-28-13-9-10-18-35-28)22-20-37-34-31(26(5)6)16-12-17-32(34)27(7)8;;;/h9-18,24-27,36-37H,19-23H2,1-8H3;2*1H;/q;;;+2/p-2. The van der Waals surface area contributed by atoms with E-state index >= 15 is 0 Å². The topological polar surface area (TPSA) is 40.2 Å². The normalized spacial score (nSPS) is 11.0. The molecule has 0 radical (unpaired) electrons. The van der Waals surface area contributed by atoms with E-state index in [4.69, 9.17) is 0 Å². The Hall–Kier alpha value is -1.75. The van der Waals surface area contributed by atoms with Crippen LogP contribution in [0.2, 0.25) is 0 Å². The summed E-state index contributed by atoms with van der Waals surface area (Å²) in [6, 6.07) is 19.7. The summed E-state index contributed by atoms with van der Waals surface area (Å²) >= 11 is 0. The summed E-state index contributed by atoms with van der Waals surface area (Å²) in [7, 11) is 0. The average Bonchev–Trinajstić information content (AvgIpc) is 2.88. The number of nitrogens with one attached hydrogen (secondary N) is 2. The molecule has 3 aromatic rings. The van der Waals surface area contributed by atoms with Crippen LogP contribution in [-0.2, 0) is 23.6 Å². The molecular weight excluding hydrogens is 591 g/mol. The van der Waals surface area contributed by atoms with E-state index in [0.717, 1.165) is 38.4 Å². The fraction of sp³-hybridized carbons (Fsp3) is 0.500. The maximum Gasteiger partial charge on any atom is 2.00 e. The molecule has 2 N–H and O–H groups in total. The van der Waals surface area contributed by atoms with Crippen molar-refractivity contribution in [3.8, 4) is 0 Å². The van der Waals surface area contributed by atoms with Gasteiger partial charge in [0.15, 0.2) is 0 Å². The zero-order chi connectivity index (χ0) is 27.7. The van der Waals surface area contributed by atoms with Gasteiger partial charge in [0, 0.05) is 50.3 Å². The molecule has 0 spiro atoms. The summed E-state index contributed by atoms with van der Waals surface area (Å²) in [4.78, 5) is 7.13. The minimum absolute atomic E-state index is 0. The van der Waals surface area contributed by atoms with Gasteiger partial charge >= 0.3 is 17.1 Å². The van der Waals surface area contributed by atoms with Gasteiger partial charge in [-0.25, -0.2) is 0 Å². The molecule has 1 aromatic heterocycles. The van der Waals surface area contributed by atoms with Crippen LogP contribution in [0.3, 0.4) is 0 Å². The Labute approximate surface area is 273 Å². The van der Waals surface area contributed by atoms with Gasteiger partial charge in [-0.3, -0.25) is 9.88 Å². The molecule has 228 valence electrons. The number of hydrogen-bond donors (Lipinski definition) is 2. The summed E-state index contributed by atoms with van der Waals surface area (Å²) in [5, 5.41) is 7.67. The second kappa shape index (κ2) is 19.4. The SMILES string of the molecule is CC(C)c1cccc(C(C)C)c1NCCN(CCNc1c(C(C)C)cccc1C(C)C)Cc1ccccn1.[Cl-].[Cl-].[Fe+2]. The van der Waals surface area contributed by atoms with Crippen molar-refractivity contribution in [1.29, 1.82) is 0 Å². The first kappa shape index (κ1) is 39.2. The summed E-state index contributed by atoms with van der Waals surface area (Å²) in [6.45, 7) is 22.8. The maximum atomic E-state index is 4.62. The molecular formula is C34H50Cl2FeN4. The molecule has 0 unspecified atom stereocenters. The average molecular weight is 642 g/mol. The van der Waals surface area contributed by atoms with Gasteiger partial charge in [0.05, 0.1) is 5.69 Å². The van der Waals surface area contributed by atoms with Gasteiger partial charge in [0.25, 0.3) is 0 Å². The zero-order valence-electron chi connectivity index (χ0n) is 26.1. The monoisotopic (exact) mass is 640 g/mol. The van der Waals surface area contributed by atoms with Crippen molar-refractivity contribution in [1.82, 2.24) is 9.88 Å². The van der Waals surface area contributed by atoms with E-state index in [1.54, 1.807) is 0 Å². The smallest absolute Gasteiger partial charge is 1.00 e. The van der Waals surface area contributed by atoms with E-state index in [9.17, 15) is 0 Å². The quantitative estimate of drug-likeness (QED) is 0.266. The number of hydrogen-bond acceptors (Lipinski definition) is 4. The molecule has 3 rings (SSSR count). The molecule has 1 heterocycles. The number of para-hydroxylation sites is 2. The fourth-order valence-electron chi connectivity index (χ4n) is 5.18. The third-order valence-electron chi connectivity index (χ3n) is 7.32. The minimum Gasteiger partial charge on any atom is -1.00 e. The van der Waals surface area contributed by atoms with Crippen LogP contribution in [-0.4, -0.2) is 36.1 Å². The molecule has 0 bridgehead atoms. The first-order chi connectivity index (χ1) is 18.2. The van der Waals surface area contributed by atoms with E-state index in [0.29, 0.717) is 23.7 Å². The Kier molecular flexibility index (Phi) is 18.6. The number of anilines is 2. The van der Waals surface area contributed by atoms with Gasteiger partial charge in [-0.2, -0.15) is 0 Å². The molecule has 0 fully saturated rings. The number of nitrogens with zero attached hydrogens (tertiary/aromatic N) is 2. The van der Waals surface area contributed by atoms with Crippen molar-refractivity contribution in [2.24, 2.45) is 0 Å². The number of pyridine rings is 1. The molecule has 0 atom stereocenters. The Morgan fingerprint density at radius 3 is 1.29 bits per heavy atom. The summed E-state index contributed by atoms with van der Waals surface area (Å²) in [6.07, 6.45) is 1.89. The summed E-state index contributed by atoms with van der Waals surface area (Å²) in [5.74, 6) is 1.95. The van der Waals surface area contributed by atoms with Crippen LogP contribution in [0.5, 0.6) is 0 Å². The van der Waals surface area contributed by atoms with Gasteiger partial charge < -0.3 is 35.4 Å².